The third-order valence-corrected chi connectivity index (χ3v) is 19.7. The Kier molecular flexibility index (Phi) is 11.2. The molecule has 0 heterocycles. The normalized spacial score (nSPS) is 49.3. The standard InChI is InChI=1S/C48H84O6/c1-46(31-4-16-40(49)17-5-31,32-6-18-41(50)19-7-32)37-28-38(47(2,33-8-20-42(51)21-9-33)34-10-22-43(52)23-11-34)30-39(29-37)48(3,35-12-24-44(53)25-13-35)36-14-26-45(54)27-15-36/h31-45,49-54H,4-30H2,1-3H3/i49D,50D,51D,52D,53D,54D. The summed E-state index contributed by atoms with van der Waals surface area (Å²) in [6.07, 6.45) is 29.1. The van der Waals surface area contributed by atoms with Crippen molar-refractivity contribution >= 4 is 0 Å². The quantitative estimate of drug-likeness (QED) is 0.0990. The Morgan fingerprint density at radius 2 is 0.407 bits per heavy atom. The molecule has 0 radical (unpaired) electrons. The summed E-state index contributed by atoms with van der Waals surface area (Å²) < 4.78 is 47.0. The molecule has 7 aliphatic carbocycles. The number of rotatable bonds is 15. The monoisotopic (exact) mass is 763 g/mol. The lowest BCUT2D eigenvalue weighted by molar-refractivity contribution is -0.143. The van der Waals surface area contributed by atoms with Crippen LogP contribution >= 0.6 is 0 Å². The average molecular weight is 763 g/mol. The predicted molar refractivity (Wildman–Crippen MR) is 216 cm³/mol. The second-order valence-corrected chi connectivity index (χ2v) is 21.7. The van der Waals surface area contributed by atoms with Crippen LogP contribution < -0.4 is 0 Å². The van der Waals surface area contributed by atoms with Crippen LogP contribution in [0.3, 0.4) is 0 Å². The molecule has 0 unspecified atom stereocenters. The topological polar surface area (TPSA) is 121 Å². The van der Waals surface area contributed by atoms with Crippen molar-refractivity contribution in [3.05, 3.63) is 0 Å². The van der Waals surface area contributed by atoms with E-state index in [0.29, 0.717) is 53.3 Å². The molecule has 54 heavy (non-hydrogen) atoms. The van der Waals surface area contributed by atoms with Crippen LogP contribution in [-0.4, -0.2) is 75.9 Å². The Hall–Kier alpha value is -0.240. The van der Waals surface area contributed by atoms with E-state index in [1.54, 1.807) is 0 Å². The van der Waals surface area contributed by atoms with E-state index in [-0.39, 0.29) is 52.9 Å². The number of hydrogen-bond acceptors (Lipinski definition) is 6. The number of aliphatic hydroxyl groups excluding tert-OH is 6. The van der Waals surface area contributed by atoms with Gasteiger partial charge < -0.3 is 30.7 Å². The van der Waals surface area contributed by atoms with E-state index in [1.807, 2.05) is 0 Å². The van der Waals surface area contributed by atoms with Gasteiger partial charge in [0.15, 0.2) is 0 Å². The highest BCUT2D eigenvalue weighted by molar-refractivity contribution is 5.08. The lowest BCUT2D eigenvalue weighted by Gasteiger charge is -2.63. The Morgan fingerprint density at radius 1 is 0.259 bits per heavy atom. The van der Waals surface area contributed by atoms with E-state index < -0.39 is 0 Å². The van der Waals surface area contributed by atoms with E-state index in [2.05, 4.69) is 20.8 Å². The maximum absolute atomic E-state index is 7.83. The van der Waals surface area contributed by atoms with Gasteiger partial charge in [-0.15, -0.1) is 0 Å². The Bertz CT molecular complexity index is 1040. The van der Waals surface area contributed by atoms with Gasteiger partial charge in [0.25, 0.3) is 0 Å². The number of hydrogen-bond donors (Lipinski definition) is 6. The molecule has 312 valence electrons. The summed E-state index contributed by atoms with van der Waals surface area (Å²) in [4.78, 5) is 0. The zero-order valence-corrected chi connectivity index (χ0v) is 34.7. The molecule has 7 rings (SSSR count). The van der Waals surface area contributed by atoms with E-state index in [0.717, 1.165) is 154 Å². The van der Waals surface area contributed by atoms with Crippen molar-refractivity contribution in [2.24, 2.45) is 69.5 Å². The van der Waals surface area contributed by atoms with Gasteiger partial charge in [-0.1, -0.05) is 20.8 Å². The molecule has 0 spiro atoms. The zero-order valence-electron chi connectivity index (χ0n) is 40.7. The molecular formula is C48H84O6. The van der Waals surface area contributed by atoms with Crippen molar-refractivity contribution in [2.45, 2.75) is 231 Å². The van der Waals surface area contributed by atoms with Crippen LogP contribution in [0, 0.1) is 69.5 Å². The highest BCUT2D eigenvalue weighted by Gasteiger charge is 2.59. The maximum atomic E-state index is 7.83. The molecule has 0 aromatic heterocycles. The lowest BCUT2D eigenvalue weighted by Crippen LogP contribution is -2.55. The summed E-state index contributed by atoms with van der Waals surface area (Å²) in [5.41, 5.74) is 0.374. The van der Waals surface area contributed by atoms with Crippen molar-refractivity contribution in [3.63, 3.8) is 0 Å². The number of aliphatic hydroxyl groups is 6. The minimum Gasteiger partial charge on any atom is -0.393 e. The minimum atomic E-state index is 0.0349. The van der Waals surface area contributed by atoms with Crippen molar-refractivity contribution in [3.8, 4) is 0 Å². The first-order valence-corrected chi connectivity index (χ1v) is 23.8. The molecule has 6 heteroatoms. The molecule has 7 fully saturated rings. The van der Waals surface area contributed by atoms with Gasteiger partial charge in [-0.3, -0.25) is 0 Å². The Morgan fingerprint density at radius 3 is 0.537 bits per heavy atom. The van der Waals surface area contributed by atoms with Crippen molar-refractivity contribution in [2.75, 3.05) is 0 Å². The molecule has 0 saturated heterocycles. The van der Waals surface area contributed by atoms with Gasteiger partial charge in [0, 0.05) is 0 Å². The second-order valence-electron chi connectivity index (χ2n) is 21.7. The fourth-order valence-electron chi connectivity index (χ4n) is 16.0. The summed E-state index contributed by atoms with van der Waals surface area (Å²) in [5.74, 6) is 5.12. The van der Waals surface area contributed by atoms with Crippen LogP contribution in [0.15, 0.2) is 0 Å². The van der Waals surface area contributed by atoms with Crippen LogP contribution in [0.25, 0.3) is 0 Å². The molecule has 0 aromatic carbocycles. The van der Waals surface area contributed by atoms with E-state index in [4.69, 9.17) is 39.2 Å². The largest absolute Gasteiger partial charge is 0.393 e. The van der Waals surface area contributed by atoms with Gasteiger partial charge in [-0.2, -0.15) is 0 Å². The SMILES string of the molecule is [2H]OC1CCC(C(C)(C2CCC(O[2H])CC2)C2CC(C(C)(C3CCC(O[2H])CC3)C3CCC(O[2H])CC3)CC(C(C)(C3CCC(O[2H])CC3)C3CCC(O[2H])CC3)C2)CC1. The first-order valence-electron chi connectivity index (χ1n) is 26.2. The zero-order chi connectivity index (χ0) is 42.5. The third-order valence-electron chi connectivity index (χ3n) is 19.7. The first kappa shape index (κ1) is 34.6. The van der Waals surface area contributed by atoms with E-state index >= 15 is 0 Å². The molecule has 7 aliphatic rings. The smallest absolute Gasteiger partial charge is 0.210 e. The Labute approximate surface area is 339 Å². The lowest BCUT2D eigenvalue weighted by atomic mass is 9.42. The molecule has 0 atom stereocenters. The van der Waals surface area contributed by atoms with E-state index in [1.165, 1.54) is 19.3 Å². The molecule has 0 aromatic rings. The van der Waals surface area contributed by atoms with Gasteiger partial charge in [-0.25, -0.2) is 0 Å². The predicted octanol–water partition coefficient (Wildman–Crippen LogP) is 9.34. The van der Waals surface area contributed by atoms with Crippen LogP contribution in [0.1, 0.15) is 194 Å². The highest BCUT2D eigenvalue weighted by Crippen LogP contribution is 2.67. The van der Waals surface area contributed by atoms with Gasteiger partial charge in [-0.05, 0) is 243 Å². The molecule has 6 N–H and O–H groups in total. The maximum Gasteiger partial charge on any atom is 0.210 e. The van der Waals surface area contributed by atoms with Crippen LogP contribution in [0.4, 0.5) is 0 Å². The second kappa shape index (κ2) is 17.5. The molecule has 0 aliphatic heterocycles. The molecular weight excluding hydrogens is 673 g/mol. The summed E-state index contributed by atoms with van der Waals surface area (Å²) in [6, 6.07) is 0. The fraction of sp³-hybridized carbons (Fsp3) is 1.00. The third kappa shape index (κ3) is 8.43. The van der Waals surface area contributed by atoms with Gasteiger partial charge >= 0.3 is 0 Å². The van der Waals surface area contributed by atoms with Gasteiger partial charge in [0.05, 0.1) is 36.6 Å². The summed E-state index contributed by atoms with van der Waals surface area (Å²) in [6.45, 7) is 8.18. The molecule has 7 saturated carbocycles. The van der Waals surface area contributed by atoms with Crippen LogP contribution in [-0.2, 0) is 0 Å². The van der Waals surface area contributed by atoms with Crippen molar-refractivity contribution < 1.29 is 30.7 Å². The van der Waals surface area contributed by atoms with Crippen LogP contribution in [0.2, 0.25) is 0 Å². The van der Waals surface area contributed by atoms with Crippen molar-refractivity contribution in [1.29, 1.82) is 8.59 Å². The summed E-state index contributed by atoms with van der Waals surface area (Å²) in [5, 5.41) is 31.5. The Balaban J connectivity index is 1.32. The van der Waals surface area contributed by atoms with Crippen LogP contribution in [0.5, 0.6) is 0 Å². The fourth-order valence-corrected chi connectivity index (χ4v) is 16.0. The first-order chi connectivity index (χ1) is 29.0. The highest BCUT2D eigenvalue weighted by atomic mass is 16.3. The molecule has 0 bridgehead atoms. The van der Waals surface area contributed by atoms with Crippen molar-refractivity contribution in [1.82, 2.24) is 0 Å². The van der Waals surface area contributed by atoms with Gasteiger partial charge in [0.2, 0.25) is 8.59 Å². The molecule has 6 nitrogen and oxygen atoms in total. The summed E-state index contributed by atoms with van der Waals surface area (Å²) >= 11 is 0. The average Bonchev–Trinajstić information content (AvgIpc) is 3.33. The minimum absolute atomic E-state index is 0.0349. The van der Waals surface area contributed by atoms with Gasteiger partial charge in [0.1, 0.15) is 0 Å². The molecule has 0 amide bonds. The summed E-state index contributed by atoms with van der Waals surface area (Å²) in [7, 11) is 0. The van der Waals surface area contributed by atoms with E-state index in [9.17, 15) is 0 Å².